The average Bonchev–Trinajstić information content (AvgIpc) is 3.54. The van der Waals surface area contributed by atoms with Crippen LogP contribution in [0.3, 0.4) is 0 Å². The second kappa shape index (κ2) is 14.2. The third-order valence-corrected chi connectivity index (χ3v) is 9.52. The number of nitrogens with two attached hydrogens (primary N) is 1. The van der Waals surface area contributed by atoms with Crippen LogP contribution in [0.5, 0.6) is 11.5 Å². The molecular formula is C36H44N3O5-. The quantitative estimate of drug-likeness (QED) is 0.194. The van der Waals surface area contributed by atoms with Crippen molar-refractivity contribution in [1.82, 2.24) is 9.97 Å². The van der Waals surface area contributed by atoms with E-state index in [0.717, 1.165) is 41.1 Å². The summed E-state index contributed by atoms with van der Waals surface area (Å²) in [5.41, 5.74) is 9.15. The zero-order valence-corrected chi connectivity index (χ0v) is 25.6. The molecule has 0 amide bonds. The third-order valence-electron chi connectivity index (χ3n) is 9.52. The maximum Gasteiger partial charge on any atom is 0.161 e. The van der Waals surface area contributed by atoms with Crippen LogP contribution < -0.4 is 15.5 Å². The highest BCUT2D eigenvalue weighted by Gasteiger charge is 2.43. The summed E-state index contributed by atoms with van der Waals surface area (Å²) in [6.07, 6.45) is 17.0. The average molecular weight is 599 g/mol. The van der Waals surface area contributed by atoms with Crippen molar-refractivity contribution in [1.29, 1.82) is 0 Å². The van der Waals surface area contributed by atoms with Crippen molar-refractivity contribution >= 4 is 23.5 Å². The van der Waals surface area contributed by atoms with Gasteiger partial charge in [-0.2, -0.15) is 11.9 Å². The fourth-order valence-corrected chi connectivity index (χ4v) is 7.16. The highest BCUT2D eigenvalue weighted by Crippen LogP contribution is 2.53. The number of aryl methyl sites for hydroxylation is 1. The Bertz CT molecular complexity index is 1480. The highest BCUT2D eigenvalue weighted by atomic mass is 16.5. The molecule has 2 aliphatic carbocycles. The number of ketones is 2. The van der Waals surface area contributed by atoms with Crippen molar-refractivity contribution in [2.75, 3.05) is 19.5 Å². The van der Waals surface area contributed by atoms with Gasteiger partial charge in [-0.15, -0.1) is 0 Å². The second-order valence-electron chi connectivity index (χ2n) is 12.5. The van der Waals surface area contributed by atoms with Gasteiger partial charge in [-0.3, -0.25) is 9.59 Å². The van der Waals surface area contributed by atoms with Gasteiger partial charge in [0.1, 0.15) is 17.4 Å². The first-order valence-corrected chi connectivity index (χ1v) is 15.9. The minimum atomic E-state index is -0.844. The number of methoxy groups -OCH3 is 1. The standard InChI is InChI=1S/C36H44N3O5/c1-44-32-20-25(12-13-28(42)21-27(41)11-5-9-24-7-3-2-4-8-24)19-31(34(32)43)33-29-15-18-39-35(37)30(29)14-16-36(33,23-40)22-26-10-6-17-38-26/h6,10,14-20,24,33,40,43H,2-5,7-9,11-13,21-23H2,1H3,(H2,37,39)/q-1. The lowest BCUT2D eigenvalue weighted by molar-refractivity contribution is -0.127. The molecule has 8 heteroatoms. The molecule has 4 N–H and O–H groups in total. The molecule has 8 nitrogen and oxygen atoms in total. The van der Waals surface area contributed by atoms with E-state index < -0.39 is 11.3 Å². The van der Waals surface area contributed by atoms with Crippen LogP contribution in [0.4, 0.5) is 5.82 Å². The lowest BCUT2D eigenvalue weighted by atomic mass is 9.63. The fourth-order valence-electron chi connectivity index (χ4n) is 7.16. The molecule has 2 aliphatic rings. The Labute approximate surface area is 259 Å². The van der Waals surface area contributed by atoms with E-state index in [4.69, 9.17) is 10.5 Å². The predicted molar refractivity (Wildman–Crippen MR) is 171 cm³/mol. The summed E-state index contributed by atoms with van der Waals surface area (Å²) >= 11 is 0. The number of benzene rings is 1. The molecule has 0 aliphatic heterocycles. The molecule has 0 spiro atoms. The largest absolute Gasteiger partial charge is 0.668 e. The zero-order chi connectivity index (χ0) is 31.1. The fraction of sp³-hybridized carbons (Fsp3) is 0.472. The number of aliphatic hydroxyl groups is 1. The van der Waals surface area contributed by atoms with E-state index in [2.05, 4.69) is 9.97 Å². The Morgan fingerprint density at radius 3 is 2.64 bits per heavy atom. The first kappa shape index (κ1) is 31.5. The molecule has 0 saturated heterocycles. The van der Waals surface area contributed by atoms with Crippen molar-refractivity contribution < 1.29 is 24.5 Å². The number of nitrogen functional groups attached to an aromatic ring is 1. The molecule has 44 heavy (non-hydrogen) atoms. The SMILES string of the molecule is COc1cc(CCC(=O)CC(=O)CCCC2CCCCC2)cc(C2c3ccnc(N)c3C=CC2(CO)Cc2ccc[n-]2)c1O. The number of aromatic hydroxyl groups is 1. The third kappa shape index (κ3) is 7.07. The molecule has 2 unspecified atom stereocenters. The van der Waals surface area contributed by atoms with Gasteiger partial charge in [0, 0.05) is 41.5 Å². The van der Waals surface area contributed by atoms with E-state index in [1.165, 1.54) is 39.2 Å². The summed E-state index contributed by atoms with van der Waals surface area (Å²) in [7, 11) is 1.49. The van der Waals surface area contributed by atoms with E-state index in [9.17, 15) is 19.8 Å². The molecule has 1 fully saturated rings. The van der Waals surface area contributed by atoms with Crippen LogP contribution in [-0.2, 0) is 22.4 Å². The summed E-state index contributed by atoms with van der Waals surface area (Å²) in [5.74, 6) is 0.753. The Kier molecular flexibility index (Phi) is 10.2. The van der Waals surface area contributed by atoms with Crippen molar-refractivity contribution in [2.45, 2.75) is 83.0 Å². The molecule has 2 heterocycles. The maximum absolute atomic E-state index is 12.9. The Morgan fingerprint density at radius 2 is 1.91 bits per heavy atom. The number of phenolic OH excluding ortho intramolecular Hbond substituents is 1. The van der Waals surface area contributed by atoms with Gasteiger partial charge in [0.2, 0.25) is 0 Å². The lowest BCUT2D eigenvalue weighted by Gasteiger charge is -2.42. The highest BCUT2D eigenvalue weighted by molar-refractivity contribution is 5.99. The second-order valence-corrected chi connectivity index (χ2v) is 12.5. The molecule has 0 bridgehead atoms. The number of Topliss-reactive ketones (excluding diaryl/α,β-unsaturated/α-hetero) is 2. The number of pyridine rings is 1. The minimum absolute atomic E-state index is 0.0143. The number of hydrogen-bond acceptors (Lipinski definition) is 7. The van der Waals surface area contributed by atoms with E-state index in [1.807, 2.05) is 36.4 Å². The first-order valence-electron chi connectivity index (χ1n) is 15.9. The van der Waals surface area contributed by atoms with Crippen molar-refractivity contribution in [2.24, 2.45) is 11.3 Å². The first-order chi connectivity index (χ1) is 21.3. The molecular weight excluding hydrogens is 554 g/mol. The minimum Gasteiger partial charge on any atom is -0.668 e. The van der Waals surface area contributed by atoms with E-state index >= 15 is 0 Å². The Hall–Kier alpha value is -3.91. The van der Waals surface area contributed by atoms with Crippen LogP contribution >= 0.6 is 0 Å². The van der Waals surface area contributed by atoms with Gasteiger partial charge < -0.3 is 25.7 Å². The molecule has 1 aromatic carbocycles. The number of carbonyl (C=O) groups excluding carboxylic acids is 2. The molecule has 1 saturated carbocycles. The lowest BCUT2D eigenvalue weighted by Crippen LogP contribution is -2.37. The summed E-state index contributed by atoms with van der Waals surface area (Å²) in [5, 5.41) is 22.4. The van der Waals surface area contributed by atoms with Crippen LogP contribution in [0.2, 0.25) is 0 Å². The number of nitrogens with zero attached hydrogens (tertiary/aromatic N) is 2. The summed E-state index contributed by atoms with van der Waals surface area (Å²) in [4.78, 5) is 34.1. The van der Waals surface area contributed by atoms with Gasteiger partial charge in [-0.05, 0) is 48.4 Å². The van der Waals surface area contributed by atoms with Crippen LogP contribution in [0.1, 0.15) is 98.1 Å². The summed E-state index contributed by atoms with van der Waals surface area (Å²) < 4.78 is 5.58. The van der Waals surface area contributed by atoms with E-state index in [0.29, 0.717) is 30.6 Å². The maximum atomic E-state index is 12.9. The molecule has 2 aromatic heterocycles. The van der Waals surface area contributed by atoms with Crippen molar-refractivity contribution in [3.8, 4) is 11.5 Å². The van der Waals surface area contributed by atoms with Gasteiger partial charge in [-0.25, -0.2) is 4.98 Å². The van der Waals surface area contributed by atoms with Crippen LogP contribution in [0.15, 0.2) is 48.8 Å². The number of hydrogen-bond donors (Lipinski definition) is 3. The van der Waals surface area contributed by atoms with Crippen molar-refractivity contribution in [3.05, 3.63) is 76.7 Å². The normalized spacial score (nSPS) is 19.9. The van der Waals surface area contributed by atoms with Crippen LogP contribution in [0, 0.1) is 11.3 Å². The Morgan fingerprint density at radius 1 is 1.11 bits per heavy atom. The predicted octanol–water partition coefficient (Wildman–Crippen LogP) is 5.93. The number of phenols is 1. The Balaban J connectivity index is 1.36. The van der Waals surface area contributed by atoms with Crippen LogP contribution in [-0.4, -0.2) is 40.5 Å². The number of fused-ring (bicyclic) bond motifs is 1. The van der Waals surface area contributed by atoms with Crippen LogP contribution in [0.25, 0.3) is 6.08 Å². The molecule has 234 valence electrons. The number of rotatable bonds is 14. The van der Waals surface area contributed by atoms with Gasteiger partial charge in [0.05, 0.1) is 20.1 Å². The topological polar surface area (TPSA) is 137 Å². The van der Waals surface area contributed by atoms with Gasteiger partial charge in [-0.1, -0.05) is 68.9 Å². The molecule has 3 aromatic rings. The number of ether oxygens (including phenoxy) is 1. The van der Waals surface area contributed by atoms with Gasteiger partial charge in [0.25, 0.3) is 0 Å². The monoisotopic (exact) mass is 598 g/mol. The number of carbonyl (C=O) groups is 2. The summed E-state index contributed by atoms with van der Waals surface area (Å²) in [6.45, 7) is -0.212. The number of aromatic nitrogens is 2. The molecule has 2 atom stereocenters. The molecule has 5 rings (SSSR count). The summed E-state index contributed by atoms with van der Waals surface area (Å²) in [6, 6.07) is 9.25. The zero-order valence-electron chi connectivity index (χ0n) is 25.6. The van der Waals surface area contributed by atoms with Gasteiger partial charge in [0.15, 0.2) is 11.5 Å². The van der Waals surface area contributed by atoms with E-state index in [1.54, 1.807) is 18.5 Å². The molecule has 0 radical (unpaired) electrons. The van der Waals surface area contributed by atoms with Crippen molar-refractivity contribution in [3.63, 3.8) is 0 Å². The van der Waals surface area contributed by atoms with E-state index in [-0.39, 0.29) is 42.5 Å². The van der Waals surface area contributed by atoms with Gasteiger partial charge >= 0.3 is 0 Å². The number of aliphatic hydroxyl groups excluding tert-OH is 1. The number of anilines is 1. The smallest absolute Gasteiger partial charge is 0.161 e.